The van der Waals surface area contributed by atoms with Crippen molar-refractivity contribution in [2.24, 2.45) is 28.6 Å². The third kappa shape index (κ3) is 3.61. The Kier molecular flexibility index (Phi) is 6.11. The van der Waals surface area contributed by atoms with Crippen LogP contribution in [0.2, 0.25) is 0 Å². The number of methoxy groups -OCH3 is 1. The predicted octanol–water partition coefficient (Wildman–Crippen LogP) is 3.91. The molecule has 0 radical (unpaired) electrons. The van der Waals surface area contributed by atoms with Gasteiger partial charge in [0.15, 0.2) is 0 Å². The van der Waals surface area contributed by atoms with Crippen molar-refractivity contribution in [2.45, 2.75) is 65.4 Å². The third-order valence-electron chi connectivity index (χ3n) is 8.00. The lowest BCUT2D eigenvalue weighted by molar-refractivity contribution is -0.217. The molecule has 27 heavy (non-hydrogen) atoms. The molecule has 0 N–H and O–H groups in total. The number of esters is 1. The number of carbonyl (C=O) groups excluding carboxylic acids is 2. The van der Waals surface area contributed by atoms with Crippen molar-refractivity contribution in [1.82, 2.24) is 0 Å². The molecule has 2 saturated carbocycles. The molecule has 2 aliphatic carbocycles. The van der Waals surface area contributed by atoms with E-state index < -0.39 is 0 Å². The SMILES string of the molecule is COCO[C@H]1C[C@@H](C)[C@](C)(CCC2=CC(=O)OC2)[C@H]2CCC[C@@H](C=O)[C@]12C. The molecule has 1 heterocycles. The normalized spacial score (nSPS) is 41.6. The maximum Gasteiger partial charge on any atom is 0.331 e. The summed E-state index contributed by atoms with van der Waals surface area (Å²) in [5, 5.41) is 0. The number of cyclic esters (lactones) is 1. The lowest BCUT2D eigenvalue weighted by Gasteiger charge is -2.62. The predicted molar refractivity (Wildman–Crippen MR) is 102 cm³/mol. The summed E-state index contributed by atoms with van der Waals surface area (Å²) in [6.45, 7) is 7.67. The number of aldehydes is 1. The highest BCUT2D eigenvalue weighted by atomic mass is 16.7. The van der Waals surface area contributed by atoms with Gasteiger partial charge in [0.1, 0.15) is 19.7 Å². The molecule has 0 amide bonds. The van der Waals surface area contributed by atoms with Gasteiger partial charge in [0.05, 0.1) is 6.10 Å². The molecule has 0 unspecified atom stereocenters. The molecule has 6 atom stereocenters. The van der Waals surface area contributed by atoms with E-state index in [2.05, 4.69) is 20.8 Å². The molecule has 5 nitrogen and oxygen atoms in total. The number of fused-ring (bicyclic) bond motifs is 1. The Labute approximate surface area is 162 Å². The van der Waals surface area contributed by atoms with Gasteiger partial charge >= 0.3 is 5.97 Å². The molecular formula is C22H34O5. The highest BCUT2D eigenvalue weighted by Crippen LogP contribution is 2.63. The molecule has 3 aliphatic rings. The molecule has 1 aliphatic heterocycles. The smallest absolute Gasteiger partial charge is 0.331 e. The van der Waals surface area contributed by atoms with Crippen LogP contribution in [0.1, 0.15) is 59.3 Å². The van der Waals surface area contributed by atoms with Crippen LogP contribution in [0.25, 0.3) is 0 Å². The Bertz CT molecular complexity index is 600. The number of rotatable bonds is 7. The molecular weight excluding hydrogens is 344 g/mol. The summed E-state index contributed by atoms with van der Waals surface area (Å²) in [5.41, 5.74) is 1.03. The van der Waals surface area contributed by atoms with Gasteiger partial charge in [0, 0.05) is 24.5 Å². The van der Waals surface area contributed by atoms with Crippen molar-refractivity contribution in [3.8, 4) is 0 Å². The van der Waals surface area contributed by atoms with Gasteiger partial charge in [0.2, 0.25) is 0 Å². The van der Waals surface area contributed by atoms with Crippen LogP contribution in [0.4, 0.5) is 0 Å². The highest BCUT2D eigenvalue weighted by molar-refractivity contribution is 5.85. The van der Waals surface area contributed by atoms with E-state index in [9.17, 15) is 9.59 Å². The molecule has 0 bridgehead atoms. The first kappa shape index (κ1) is 20.5. The van der Waals surface area contributed by atoms with Crippen LogP contribution in [0.5, 0.6) is 0 Å². The largest absolute Gasteiger partial charge is 0.458 e. The first-order valence-corrected chi connectivity index (χ1v) is 10.3. The van der Waals surface area contributed by atoms with Crippen LogP contribution >= 0.6 is 0 Å². The summed E-state index contributed by atoms with van der Waals surface area (Å²) in [7, 11) is 1.65. The van der Waals surface area contributed by atoms with Gasteiger partial charge in [-0.15, -0.1) is 0 Å². The standard InChI is InChI=1S/C22H34O5/c1-15-10-19(27-14-25-4)22(3)17(12-23)6-5-7-18(22)21(15,2)9-8-16-11-20(24)26-13-16/h11-12,15,17-19H,5-10,13-14H2,1-4H3/t15-,17+,18-,19+,21+,22+/m1/s1. The quantitative estimate of drug-likeness (QED) is 0.382. The van der Waals surface area contributed by atoms with Crippen molar-refractivity contribution in [3.05, 3.63) is 11.6 Å². The van der Waals surface area contributed by atoms with Crippen LogP contribution in [0, 0.1) is 28.6 Å². The van der Waals surface area contributed by atoms with Gasteiger partial charge < -0.3 is 19.0 Å². The minimum Gasteiger partial charge on any atom is -0.458 e. The minimum atomic E-state index is -0.219. The van der Waals surface area contributed by atoms with E-state index in [4.69, 9.17) is 14.2 Å². The summed E-state index contributed by atoms with van der Waals surface area (Å²) < 4.78 is 16.4. The number of carbonyl (C=O) groups is 2. The van der Waals surface area contributed by atoms with Gasteiger partial charge in [-0.1, -0.05) is 27.2 Å². The molecule has 0 spiro atoms. The van der Waals surface area contributed by atoms with Gasteiger partial charge in [-0.3, -0.25) is 0 Å². The van der Waals surface area contributed by atoms with E-state index in [1.54, 1.807) is 13.2 Å². The van der Waals surface area contributed by atoms with Gasteiger partial charge in [0.25, 0.3) is 0 Å². The van der Waals surface area contributed by atoms with Crippen molar-refractivity contribution in [3.63, 3.8) is 0 Å². The van der Waals surface area contributed by atoms with Crippen LogP contribution in [0.3, 0.4) is 0 Å². The zero-order valence-electron chi connectivity index (χ0n) is 17.2. The Morgan fingerprint density at radius 1 is 1.33 bits per heavy atom. The number of hydrogen-bond acceptors (Lipinski definition) is 5. The van der Waals surface area contributed by atoms with E-state index in [0.717, 1.165) is 50.4 Å². The topological polar surface area (TPSA) is 61.8 Å². The average molecular weight is 379 g/mol. The summed E-state index contributed by atoms with van der Waals surface area (Å²) >= 11 is 0. The third-order valence-corrected chi connectivity index (χ3v) is 8.00. The second-order valence-corrected chi connectivity index (χ2v) is 9.21. The second-order valence-electron chi connectivity index (χ2n) is 9.21. The summed E-state index contributed by atoms with van der Waals surface area (Å²) in [6.07, 6.45) is 8.85. The van der Waals surface area contributed by atoms with Crippen LogP contribution < -0.4 is 0 Å². The molecule has 2 fully saturated rings. The summed E-state index contributed by atoms with van der Waals surface area (Å²) in [6, 6.07) is 0. The maximum absolute atomic E-state index is 12.0. The lowest BCUT2D eigenvalue weighted by Crippen LogP contribution is -2.60. The van der Waals surface area contributed by atoms with E-state index in [-0.39, 0.29) is 35.6 Å². The van der Waals surface area contributed by atoms with Gasteiger partial charge in [-0.25, -0.2) is 4.79 Å². The lowest BCUT2D eigenvalue weighted by atomic mass is 9.43. The molecule has 0 aromatic heterocycles. The van der Waals surface area contributed by atoms with Gasteiger partial charge in [-0.2, -0.15) is 0 Å². The van der Waals surface area contributed by atoms with E-state index >= 15 is 0 Å². The van der Waals surface area contributed by atoms with Crippen molar-refractivity contribution >= 4 is 12.3 Å². The van der Waals surface area contributed by atoms with Crippen LogP contribution in [-0.4, -0.2) is 38.9 Å². The fraction of sp³-hybridized carbons (Fsp3) is 0.818. The van der Waals surface area contributed by atoms with E-state index in [1.165, 1.54) is 0 Å². The van der Waals surface area contributed by atoms with Crippen molar-refractivity contribution < 1.29 is 23.8 Å². The van der Waals surface area contributed by atoms with Crippen molar-refractivity contribution in [2.75, 3.05) is 20.5 Å². The first-order chi connectivity index (χ1) is 12.9. The van der Waals surface area contributed by atoms with E-state index in [0.29, 0.717) is 18.4 Å². The van der Waals surface area contributed by atoms with E-state index in [1.807, 2.05) is 0 Å². The second kappa shape index (κ2) is 8.04. The maximum atomic E-state index is 12.0. The Morgan fingerprint density at radius 3 is 2.74 bits per heavy atom. The highest BCUT2D eigenvalue weighted by Gasteiger charge is 2.60. The van der Waals surface area contributed by atoms with Crippen LogP contribution in [-0.2, 0) is 23.8 Å². The summed E-state index contributed by atoms with van der Waals surface area (Å²) in [4.78, 5) is 23.4. The van der Waals surface area contributed by atoms with Crippen LogP contribution in [0.15, 0.2) is 11.6 Å². The molecule has 0 aromatic rings. The fourth-order valence-electron chi connectivity index (χ4n) is 6.13. The Morgan fingerprint density at radius 2 is 2.11 bits per heavy atom. The molecule has 3 rings (SSSR count). The molecule has 152 valence electrons. The number of ether oxygens (including phenoxy) is 3. The molecule has 0 saturated heterocycles. The summed E-state index contributed by atoms with van der Waals surface area (Å²) in [5.74, 6) is 0.698. The zero-order chi connectivity index (χ0) is 19.7. The fourth-order valence-corrected chi connectivity index (χ4v) is 6.13. The Hall–Kier alpha value is -1.20. The van der Waals surface area contributed by atoms with Crippen molar-refractivity contribution in [1.29, 1.82) is 0 Å². The monoisotopic (exact) mass is 378 g/mol. The first-order valence-electron chi connectivity index (χ1n) is 10.3. The Balaban J connectivity index is 1.87. The number of hydrogen-bond donors (Lipinski definition) is 0. The molecule has 5 heteroatoms. The average Bonchev–Trinajstić information content (AvgIpc) is 3.07. The molecule has 0 aromatic carbocycles. The minimum absolute atomic E-state index is 0.0283. The zero-order valence-corrected chi connectivity index (χ0v) is 17.2. The van der Waals surface area contributed by atoms with Gasteiger partial charge in [-0.05, 0) is 54.9 Å².